The van der Waals surface area contributed by atoms with Crippen molar-refractivity contribution in [1.82, 2.24) is 14.9 Å². The lowest BCUT2D eigenvalue weighted by Gasteiger charge is -2.53. The Balaban J connectivity index is 1.41. The van der Waals surface area contributed by atoms with Crippen LogP contribution in [0.2, 0.25) is 5.31 Å². The van der Waals surface area contributed by atoms with Gasteiger partial charge in [-0.05, 0) is 48.5 Å². The Kier molecular flexibility index (Phi) is 5.20. The molecule has 9 heteroatoms. The SMILES string of the molecule is [B]C1(C)CN(C(=O)C2(c3ccc4[nH]c(CC5CCC(F)(F)CC5)nc4c3P)CC(F)C2)C1. The fourth-order valence-corrected chi connectivity index (χ4v) is 6.31. The monoisotopic (exact) mass is 461 g/mol. The summed E-state index contributed by atoms with van der Waals surface area (Å²) in [5.74, 6) is -1.64. The molecule has 1 aromatic carbocycles. The quantitative estimate of drug-likeness (QED) is 0.553. The number of fused-ring (bicyclic) bond motifs is 1. The first-order valence-corrected chi connectivity index (χ1v) is 11.9. The second kappa shape index (κ2) is 7.48. The highest BCUT2D eigenvalue weighted by molar-refractivity contribution is 7.28. The first-order valence-electron chi connectivity index (χ1n) is 11.4. The standard InChI is InChI=1S/C23H28BF3N3OP/c1-21(24)11-30(12-21)20(31)22(9-14(25)10-22)15-2-3-16-18(19(15)32)29-17(28-16)8-13-4-6-23(26,27)7-5-13/h2-3,13-14H,4-12,32H2,1H3,(H,28,29). The van der Waals surface area contributed by atoms with Crippen LogP contribution >= 0.6 is 9.24 Å². The summed E-state index contributed by atoms with van der Waals surface area (Å²) < 4.78 is 41.0. The molecule has 2 radical (unpaired) electrons. The van der Waals surface area contributed by atoms with Crippen molar-refractivity contribution in [3.63, 3.8) is 0 Å². The van der Waals surface area contributed by atoms with E-state index < -0.39 is 17.5 Å². The number of benzene rings is 1. The number of amides is 1. The largest absolute Gasteiger partial charge is 0.342 e. The second-order valence-corrected chi connectivity index (χ2v) is 11.1. The van der Waals surface area contributed by atoms with Crippen LogP contribution in [0.15, 0.2) is 12.1 Å². The molecule has 2 heterocycles. The lowest BCUT2D eigenvalue weighted by atomic mass is 9.59. The van der Waals surface area contributed by atoms with Gasteiger partial charge in [0.25, 0.3) is 0 Å². The molecule has 2 aromatic rings. The molecule has 2 saturated carbocycles. The molecule has 1 N–H and O–H groups in total. The van der Waals surface area contributed by atoms with Crippen molar-refractivity contribution in [2.75, 3.05) is 13.1 Å². The van der Waals surface area contributed by atoms with Crippen molar-refractivity contribution in [1.29, 1.82) is 0 Å². The number of aromatic amines is 1. The maximum atomic E-state index is 14.1. The van der Waals surface area contributed by atoms with Crippen LogP contribution in [0.5, 0.6) is 0 Å². The molecule has 1 aromatic heterocycles. The third-order valence-corrected chi connectivity index (χ3v) is 8.10. The first-order chi connectivity index (χ1) is 15.0. The number of halogens is 3. The third kappa shape index (κ3) is 3.76. The summed E-state index contributed by atoms with van der Waals surface area (Å²) in [6.07, 6.45) is 0.832. The number of rotatable bonds is 4. The minimum atomic E-state index is -2.54. The number of aromatic nitrogens is 2. The number of nitrogens with zero attached hydrogens (tertiary/aromatic N) is 2. The van der Waals surface area contributed by atoms with Gasteiger partial charge in [-0.1, -0.05) is 13.0 Å². The van der Waals surface area contributed by atoms with Gasteiger partial charge in [-0.15, -0.1) is 9.24 Å². The highest BCUT2D eigenvalue weighted by atomic mass is 31.0. The average Bonchev–Trinajstić information content (AvgIpc) is 3.09. The smallest absolute Gasteiger partial charge is 0.248 e. The van der Waals surface area contributed by atoms with Crippen molar-refractivity contribution in [2.45, 2.75) is 74.7 Å². The zero-order chi connectivity index (χ0) is 22.9. The number of alkyl halides is 3. The first kappa shape index (κ1) is 22.2. The zero-order valence-electron chi connectivity index (χ0n) is 18.3. The van der Waals surface area contributed by atoms with E-state index in [4.69, 9.17) is 12.8 Å². The van der Waals surface area contributed by atoms with Crippen molar-refractivity contribution >= 4 is 39.3 Å². The summed E-state index contributed by atoms with van der Waals surface area (Å²) in [7, 11) is 8.79. The summed E-state index contributed by atoms with van der Waals surface area (Å²) in [6, 6.07) is 3.80. The molecule has 0 bridgehead atoms. The molecule has 32 heavy (non-hydrogen) atoms. The highest BCUT2D eigenvalue weighted by Crippen LogP contribution is 2.49. The van der Waals surface area contributed by atoms with Crippen LogP contribution in [0.1, 0.15) is 56.8 Å². The minimum Gasteiger partial charge on any atom is -0.342 e. The fourth-order valence-electron chi connectivity index (χ4n) is 5.72. The van der Waals surface area contributed by atoms with E-state index in [9.17, 15) is 18.0 Å². The Morgan fingerprint density at radius 1 is 1.28 bits per heavy atom. The van der Waals surface area contributed by atoms with Crippen molar-refractivity contribution in [3.8, 4) is 0 Å². The molecule has 1 amide bonds. The maximum absolute atomic E-state index is 14.1. The lowest BCUT2D eigenvalue weighted by molar-refractivity contribution is -0.149. The number of hydrogen-bond donors (Lipinski definition) is 1. The van der Waals surface area contributed by atoms with Crippen molar-refractivity contribution in [2.24, 2.45) is 5.92 Å². The van der Waals surface area contributed by atoms with Crippen LogP contribution in [0.25, 0.3) is 11.0 Å². The lowest BCUT2D eigenvalue weighted by Crippen LogP contribution is -2.63. The van der Waals surface area contributed by atoms with E-state index in [-0.39, 0.29) is 42.8 Å². The Bertz CT molecular complexity index is 1050. The van der Waals surface area contributed by atoms with Crippen LogP contribution in [0.3, 0.4) is 0 Å². The third-order valence-electron chi connectivity index (χ3n) is 7.52. The Morgan fingerprint density at radius 3 is 2.53 bits per heavy atom. The number of likely N-dealkylation sites (tertiary alicyclic amines) is 1. The van der Waals surface area contributed by atoms with Gasteiger partial charge in [0.1, 0.15) is 12.0 Å². The van der Waals surface area contributed by atoms with Gasteiger partial charge < -0.3 is 9.88 Å². The molecule has 0 spiro atoms. The summed E-state index contributed by atoms with van der Waals surface area (Å²) in [6.45, 7) is 2.87. The fraction of sp³-hybridized carbons (Fsp3) is 0.652. The Labute approximate surface area is 189 Å². The topological polar surface area (TPSA) is 49.0 Å². The van der Waals surface area contributed by atoms with Gasteiger partial charge in [-0.2, -0.15) is 0 Å². The number of hydrogen-bond acceptors (Lipinski definition) is 2. The van der Waals surface area contributed by atoms with Crippen LogP contribution in [-0.4, -0.2) is 53.8 Å². The van der Waals surface area contributed by atoms with E-state index in [0.29, 0.717) is 32.4 Å². The molecule has 2 aliphatic carbocycles. The van der Waals surface area contributed by atoms with Gasteiger partial charge in [0.05, 0.1) is 24.3 Å². The van der Waals surface area contributed by atoms with Crippen molar-refractivity contribution in [3.05, 3.63) is 23.5 Å². The molecule has 3 fully saturated rings. The number of carbonyl (C=O) groups is 1. The average molecular weight is 461 g/mol. The van der Waals surface area contributed by atoms with Crippen LogP contribution < -0.4 is 5.30 Å². The number of imidazole rings is 1. The Morgan fingerprint density at radius 2 is 1.94 bits per heavy atom. The molecule has 1 saturated heterocycles. The molecule has 1 atom stereocenters. The summed E-state index contributed by atoms with van der Waals surface area (Å²) in [5.41, 5.74) is 1.50. The summed E-state index contributed by atoms with van der Waals surface area (Å²) >= 11 is 0. The van der Waals surface area contributed by atoms with Gasteiger partial charge in [0.15, 0.2) is 0 Å². The van der Waals surface area contributed by atoms with Crippen molar-refractivity contribution < 1.29 is 18.0 Å². The van der Waals surface area contributed by atoms with E-state index in [1.54, 1.807) is 4.90 Å². The highest BCUT2D eigenvalue weighted by Gasteiger charge is 2.56. The van der Waals surface area contributed by atoms with E-state index in [1.807, 2.05) is 19.1 Å². The van der Waals surface area contributed by atoms with Gasteiger partial charge in [-0.3, -0.25) is 4.79 Å². The van der Waals surface area contributed by atoms with Gasteiger partial charge in [0, 0.05) is 37.7 Å². The van der Waals surface area contributed by atoms with Gasteiger partial charge in [-0.25, -0.2) is 18.2 Å². The molecule has 4 nitrogen and oxygen atoms in total. The number of carbonyl (C=O) groups excluding carboxylic acids is 1. The van der Waals surface area contributed by atoms with Gasteiger partial charge in [0.2, 0.25) is 11.8 Å². The van der Waals surface area contributed by atoms with E-state index in [1.165, 1.54) is 0 Å². The minimum absolute atomic E-state index is 0.0590. The molecule has 3 aliphatic rings. The zero-order valence-corrected chi connectivity index (χ0v) is 19.4. The summed E-state index contributed by atoms with van der Waals surface area (Å²) in [5, 5.41) is 0.417. The maximum Gasteiger partial charge on any atom is 0.248 e. The normalized spacial score (nSPS) is 29.5. The summed E-state index contributed by atoms with van der Waals surface area (Å²) in [4.78, 5) is 23.2. The molecule has 1 unspecified atom stereocenters. The van der Waals surface area contributed by atoms with E-state index in [2.05, 4.69) is 14.2 Å². The predicted molar refractivity (Wildman–Crippen MR) is 123 cm³/mol. The van der Waals surface area contributed by atoms with E-state index >= 15 is 0 Å². The molecule has 5 rings (SSSR count). The molecular formula is C23H28BF3N3OP. The number of nitrogens with one attached hydrogen (secondary N) is 1. The van der Waals surface area contributed by atoms with Crippen LogP contribution in [-0.2, 0) is 16.6 Å². The second-order valence-electron chi connectivity index (χ2n) is 10.5. The van der Waals surface area contributed by atoms with Gasteiger partial charge >= 0.3 is 0 Å². The van der Waals surface area contributed by atoms with Crippen LogP contribution in [0.4, 0.5) is 13.2 Å². The molecule has 1 aliphatic heterocycles. The molecular weight excluding hydrogens is 433 g/mol. The van der Waals surface area contributed by atoms with E-state index in [0.717, 1.165) is 27.7 Å². The Hall–Kier alpha value is -1.56. The number of H-pyrrole nitrogens is 1. The molecule has 170 valence electrons. The van der Waals surface area contributed by atoms with Crippen LogP contribution in [0, 0.1) is 5.92 Å². The predicted octanol–water partition coefficient (Wildman–Crippen LogP) is 3.99.